The fraction of sp³-hybridized carbons (Fsp3) is 0.824. The summed E-state index contributed by atoms with van der Waals surface area (Å²) < 4.78 is 2.13. The smallest absolute Gasteiger partial charge is 0.0673 e. The van der Waals surface area contributed by atoms with Crippen LogP contribution in [0.1, 0.15) is 65.1 Å². The van der Waals surface area contributed by atoms with Gasteiger partial charge in [0.05, 0.1) is 11.7 Å². The molecule has 1 aromatic rings. The Labute approximate surface area is 129 Å². The second kappa shape index (κ2) is 7.41. The quantitative estimate of drug-likeness (QED) is 0.874. The maximum absolute atomic E-state index is 4.47. The Hall–Kier alpha value is -0.870. The average Bonchev–Trinajstić information content (AvgIpc) is 2.75. The summed E-state index contributed by atoms with van der Waals surface area (Å²) in [4.78, 5) is 2.68. The van der Waals surface area contributed by atoms with Crippen molar-refractivity contribution in [2.45, 2.75) is 71.5 Å². The van der Waals surface area contributed by atoms with Crippen LogP contribution in [-0.2, 0) is 6.54 Å². The standard InChI is InChI=1S/C17H32N4/c1-5-18-16(15-11-12-19-21(15)6-2)17(3,4)20-13-9-7-8-10-14-20/h11-12,16,18H,5-10,13-14H2,1-4H3. The van der Waals surface area contributed by atoms with Gasteiger partial charge in [-0.2, -0.15) is 5.10 Å². The van der Waals surface area contributed by atoms with Crippen molar-refractivity contribution in [3.63, 3.8) is 0 Å². The molecule has 1 aliphatic rings. The van der Waals surface area contributed by atoms with E-state index in [1.54, 1.807) is 0 Å². The Morgan fingerprint density at radius 2 is 1.86 bits per heavy atom. The first-order valence-corrected chi connectivity index (χ1v) is 8.61. The third-order valence-corrected chi connectivity index (χ3v) is 4.88. The third-order valence-electron chi connectivity index (χ3n) is 4.88. The lowest BCUT2D eigenvalue weighted by Crippen LogP contribution is -2.53. The van der Waals surface area contributed by atoms with E-state index in [0.717, 1.165) is 13.1 Å². The number of hydrogen-bond acceptors (Lipinski definition) is 3. The van der Waals surface area contributed by atoms with E-state index in [0.29, 0.717) is 6.04 Å². The molecule has 1 fully saturated rings. The van der Waals surface area contributed by atoms with E-state index in [2.05, 4.69) is 53.8 Å². The molecule has 4 heteroatoms. The Bertz CT molecular complexity index is 416. The average molecular weight is 292 g/mol. The number of likely N-dealkylation sites (N-methyl/N-ethyl adjacent to an activating group) is 1. The largest absolute Gasteiger partial charge is 0.307 e. The van der Waals surface area contributed by atoms with Gasteiger partial charge in [-0.25, -0.2) is 0 Å². The molecule has 1 saturated heterocycles. The van der Waals surface area contributed by atoms with Gasteiger partial charge in [0.2, 0.25) is 0 Å². The molecule has 0 aromatic carbocycles. The molecule has 1 aliphatic heterocycles. The first-order chi connectivity index (χ1) is 10.1. The zero-order chi connectivity index (χ0) is 15.3. The molecule has 0 saturated carbocycles. The predicted octanol–water partition coefficient (Wildman–Crippen LogP) is 3.21. The molecule has 21 heavy (non-hydrogen) atoms. The fourth-order valence-electron chi connectivity index (χ4n) is 3.60. The fourth-order valence-corrected chi connectivity index (χ4v) is 3.60. The van der Waals surface area contributed by atoms with Gasteiger partial charge in [-0.05, 0) is 59.3 Å². The minimum atomic E-state index is 0.104. The molecule has 0 amide bonds. The van der Waals surface area contributed by atoms with Crippen molar-refractivity contribution in [2.24, 2.45) is 0 Å². The van der Waals surface area contributed by atoms with E-state index in [1.807, 2.05) is 6.20 Å². The van der Waals surface area contributed by atoms with Crippen LogP contribution < -0.4 is 5.32 Å². The molecule has 1 aromatic heterocycles. The third kappa shape index (κ3) is 3.67. The number of nitrogens with one attached hydrogen (secondary N) is 1. The summed E-state index contributed by atoms with van der Waals surface area (Å²) in [6.07, 6.45) is 7.35. The lowest BCUT2D eigenvalue weighted by molar-refractivity contribution is 0.0805. The minimum absolute atomic E-state index is 0.104. The van der Waals surface area contributed by atoms with E-state index in [9.17, 15) is 0 Å². The Morgan fingerprint density at radius 1 is 1.19 bits per heavy atom. The molecule has 1 N–H and O–H groups in total. The molecule has 1 atom stereocenters. The number of nitrogens with zero attached hydrogens (tertiary/aromatic N) is 3. The normalized spacial score (nSPS) is 19.4. The van der Waals surface area contributed by atoms with Gasteiger partial charge < -0.3 is 5.32 Å². The van der Waals surface area contributed by atoms with Crippen LogP contribution in [0.2, 0.25) is 0 Å². The zero-order valence-corrected chi connectivity index (χ0v) is 14.2. The van der Waals surface area contributed by atoms with Gasteiger partial charge in [-0.3, -0.25) is 9.58 Å². The topological polar surface area (TPSA) is 33.1 Å². The van der Waals surface area contributed by atoms with Crippen LogP contribution in [0.25, 0.3) is 0 Å². The van der Waals surface area contributed by atoms with Gasteiger partial charge in [0.15, 0.2) is 0 Å². The van der Waals surface area contributed by atoms with Crippen molar-refractivity contribution < 1.29 is 0 Å². The monoisotopic (exact) mass is 292 g/mol. The summed E-state index contributed by atoms with van der Waals surface area (Å²) in [7, 11) is 0. The maximum Gasteiger partial charge on any atom is 0.0673 e. The first-order valence-electron chi connectivity index (χ1n) is 8.61. The molecule has 0 bridgehead atoms. The molecule has 120 valence electrons. The number of likely N-dealkylation sites (tertiary alicyclic amines) is 1. The number of aromatic nitrogens is 2. The van der Waals surface area contributed by atoms with Crippen LogP contribution >= 0.6 is 0 Å². The van der Waals surface area contributed by atoms with Gasteiger partial charge in [-0.15, -0.1) is 0 Å². The summed E-state index contributed by atoms with van der Waals surface area (Å²) in [5.41, 5.74) is 1.42. The van der Waals surface area contributed by atoms with Gasteiger partial charge >= 0.3 is 0 Å². The highest BCUT2D eigenvalue weighted by atomic mass is 15.3. The summed E-state index contributed by atoms with van der Waals surface area (Å²) in [6, 6.07) is 2.50. The molecule has 1 unspecified atom stereocenters. The summed E-state index contributed by atoms with van der Waals surface area (Å²) in [5.74, 6) is 0. The SMILES string of the molecule is CCNC(c1ccnn1CC)C(C)(C)N1CCCCCC1. The molecule has 2 heterocycles. The molecular formula is C17H32N4. The van der Waals surface area contributed by atoms with Crippen LogP contribution in [0.4, 0.5) is 0 Å². The highest BCUT2D eigenvalue weighted by Gasteiger charge is 2.37. The molecule has 0 spiro atoms. The second-order valence-electron chi connectivity index (χ2n) is 6.62. The summed E-state index contributed by atoms with van der Waals surface area (Å²) in [5, 5.41) is 8.19. The van der Waals surface area contributed by atoms with Crippen molar-refractivity contribution in [1.82, 2.24) is 20.0 Å². The predicted molar refractivity (Wildman–Crippen MR) is 88.4 cm³/mol. The summed E-state index contributed by atoms with van der Waals surface area (Å²) in [6.45, 7) is 13.5. The van der Waals surface area contributed by atoms with Crippen molar-refractivity contribution in [1.29, 1.82) is 0 Å². The van der Waals surface area contributed by atoms with E-state index < -0.39 is 0 Å². The van der Waals surface area contributed by atoms with Crippen LogP contribution in [-0.4, -0.2) is 39.9 Å². The van der Waals surface area contributed by atoms with Crippen molar-refractivity contribution in [2.75, 3.05) is 19.6 Å². The molecular weight excluding hydrogens is 260 g/mol. The Balaban J connectivity index is 2.26. The minimum Gasteiger partial charge on any atom is -0.307 e. The van der Waals surface area contributed by atoms with Crippen molar-refractivity contribution in [3.05, 3.63) is 18.0 Å². The van der Waals surface area contributed by atoms with Gasteiger partial charge in [0.25, 0.3) is 0 Å². The lowest BCUT2D eigenvalue weighted by Gasteiger charge is -2.44. The van der Waals surface area contributed by atoms with E-state index >= 15 is 0 Å². The lowest BCUT2D eigenvalue weighted by atomic mass is 9.89. The van der Waals surface area contributed by atoms with Crippen LogP contribution in [0.5, 0.6) is 0 Å². The maximum atomic E-state index is 4.47. The van der Waals surface area contributed by atoms with Gasteiger partial charge in [0.1, 0.15) is 0 Å². The Kier molecular flexibility index (Phi) is 5.82. The van der Waals surface area contributed by atoms with E-state index in [1.165, 1.54) is 44.5 Å². The number of rotatable bonds is 6. The molecule has 2 rings (SSSR count). The molecule has 0 aliphatic carbocycles. The highest BCUT2D eigenvalue weighted by Crippen LogP contribution is 2.32. The van der Waals surface area contributed by atoms with Gasteiger partial charge in [-0.1, -0.05) is 19.8 Å². The van der Waals surface area contributed by atoms with E-state index in [4.69, 9.17) is 0 Å². The number of aryl methyl sites for hydroxylation is 1. The zero-order valence-electron chi connectivity index (χ0n) is 14.2. The van der Waals surface area contributed by atoms with E-state index in [-0.39, 0.29) is 5.54 Å². The molecule has 4 nitrogen and oxygen atoms in total. The first kappa shape index (κ1) is 16.5. The Morgan fingerprint density at radius 3 is 2.43 bits per heavy atom. The number of hydrogen-bond donors (Lipinski definition) is 1. The van der Waals surface area contributed by atoms with Crippen molar-refractivity contribution >= 4 is 0 Å². The summed E-state index contributed by atoms with van der Waals surface area (Å²) >= 11 is 0. The second-order valence-corrected chi connectivity index (χ2v) is 6.62. The van der Waals surface area contributed by atoms with Crippen LogP contribution in [0, 0.1) is 0 Å². The molecule has 0 radical (unpaired) electrons. The van der Waals surface area contributed by atoms with Crippen LogP contribution in [0.3, 0.4) is 0 Å². The van der Waals surface area contributed by atoms with Crippen molar-refractivity contribution in [3.8, 4) is 0 Å². The van der Waals surface area contributed by atoms with Crippen LogP contribution in [0.15, 0.2) is 12.3 Å². The highest BCUT2D eigenvalue weighted by molar-refractivity contribution is 5.14. The van der Waals surface area contributed by atoms with Gasteiger partial charge in [0, 0.05) is 18.3 Å².